The van der Waals surface area contributed by atoms with Gasteiger partial charge < -0.3 is 14.8 Å². The first-order valence-corrected chi connectivity index (χ1v) is 9.60. The number of aryl methyl sites for hydroxylation is 1. The number of ether oxygens (including phenoxy) is 1. The molecule has 0 aromatic carbocycles. The second-order valence-corrected chi connectivity index (χ2v) is 7.62. The van der Waals surface area contributed by atoms with E-state index in [1.165, 1.54) is 0 Å². The Morgan fingerprint density at radius 2 is 2.10 bits per heavy atom. The first-order valence-electron chi connectivity index (χ1n) is 9.60. The minimum absolute atomic E-state index is 0.0606. The number of nitrogens with zero attached hydrogens (tertiary/aromatic N) is 3. The van der Waals surface area contributed by atoms with Gasteiger partial charge >= 0.3 is 12.1 Å². The lowest BCUT2D eigenvalue weighted by Gasteiger charge is -2.37. The number of imidazole rings is 1. The number of carbonyl (C=O) groups is 1. The summed E-state index contributed by atoms with van der Waals surface area (Å²) >= 11 is 0. The van der Waals surface area contributed by atoms with Crippen LogP contribution >= 0.6 is 0 Å². The summed E-state index contributed by atoms with van der Waals surface area (Å²) < 4.78 is 44.8. The molecule has 2 N–H and O–H groups in total. The van der Waals surface area contributed by atoms with Crippen molar-refractivity contribution >= 4 is 5.97 Å². The minimum Gasteiger partial charge on any atom is -0.481 e. The maximum Gasteiger partial charge on any atom is 0.432 e. The van der Waals surface area contributed by atoms with Gasteiger partial charge in [0.25, 0.3) is 0 Å². The quantitative estimate of drug-likeness (QED) is 0.595. The van der Waals surface area contributed by atoms with E-state index in [1.54, 1.807) is 37.5 Å². The average Bonchev–Trinajstić information content (AvgIpc) is 3.18. The zero-order valence-corrected chi connectivity index (χ0v) is 16.5. The molecule has 0 atom stereocenters. The largest absolute Gasteiger partial charge is 0.481 e. The minimum atomic E-state index is -4.56. The number of carboxylic acids is 1. The van der Waals surface area contributed by atoms with Crippen LogP contribution in [0, 0.1) is 12.3 Å². The second kappa shape index (κ2) is 7.68. The lowest BCUT2D eigenvalue weighted by atomic mass is 9.69. The van der Waals surface area contributed by atoms with Crippen molar-refractivity contribution < 1.29 is 27.8 Å². The zero-order chi connectivity index (χ0) is 22.2. The van der Waals surface area contributed by atoms with Gasteiger partial charge in [0.1, 0.15) is 23.4 Å². The Morgan fingerprint density at radius 1 is 1.32 bits per heavy atom. The molecule has 10 heteroatoms. The predicted octanol–water partition coefficient (Wildman–Crippen LogP) is 4.49. The molecule has 0 unspecified atom stereocenters. The first-order chi connectivity index (χ1) is 14.7. The monoisotopic (exact) mass is 432 g/mol. The van der Waals surface area contributed by atoms with Crippen LogP contribution in [0.3, 0.4) is 0 Å². The fourth-order valence-corrected chi connectivity index (χ4v) is 3.56. The molecule has 0 aliphatic heterocycles. The molecule has 0 amide bonds. The molecule has 0 saturated heterocycles. The highest BCUT2D eigenvalue weighted by atomic mass is 19.4. The number of aromatic nitrogens is 4. The van der Waals surface area contributed by atoms with E-state index >= 15 is 0 Å². The third-order valence-corrected chi connectivity index (χ3v) is 5.51. The molecule has 1 saturated carbocycles. The van der Waals surface area contributed by atoms with Crippen LogP contribution in [-0.4, -0.2) is 37.6 Å². The van der Waals surface area contributed by atoms with Crippen molar-refractivity contribution in [2.24, 2.45) is 5.41 Å². The number of H-pyrrole nitrogens is 1. The Morgan fingerprint density at radius 3 is 2.65 bits per heavy atom. The van der Waals surface area contributed by atoms with Crippen LogP contribution < -0.4 is 4.74 Å². The standard InChI is InChI=1S/C21H19F3N4O3/c1-12-8-14(17-26-10-15(28-17)21(22,23)24)27-18(16(12)13-4-2-7-25-9-13)31-11-20(19(29)30)5-3-6-20/h2,4,7-10H,3,5-6,11H2,1H3,(H,26,28)(H,29,30). The summed E-state index contributed by atoms with van der Waals surface area (Å²) in [5.41, 5.74) is 0.165. The number of halogens is 3. The molecule has 7 nitrogen and oxygen atoms in total. The number of hydrogen-bond acceptors (Lipinski definition) is 5. The van der Waals surface area contributed by atoms with Crippen LogP contribution in [0.4, 0.5) is 13.2 Å². The van der Waals surface area contributed by atoms with Crippen molar-refractivity contribution in [3.63, 3.8) is 0 Å². The Balaban J connectivity index is 1.76. The molecule has 0 bridgehead atoms. The molecule has 1 aliphatic carbocycles. The summed E-state index contributed by atoms with van der Waals surface area (Å²) in [6.45, 7) is 1.68. The van der Waals surface area contributed by atoms with E-state index in [4.69, 9.17) is 4.74 Å². The van der Waals surface area contributed by atoms with Crippen LogP contribution in [0.15, 0.2) is 36.8 Å². The lowest BCUT2D eigenvalue weighted by Crippen LogP contribution is -2.43. The van der Waals surface area contributed by atoms with Gasteiger partial charge in [-0.15, -0.1) is 0 Å². The summed E-state index contributed by atoms with van der Waals surface area (Å²) in [4.78, 5) is 26.2. The van der Waals surface area contributed by atoms with E-state index in [9.17, 15) is 23.1 Å². The Labute approximate surface area is 175 Å². The predicted molar refractivity (Wildman–Crippen MR) is 104 cm³/mol. The van der Waals surface area contributed by atoms with E-state index < -0.39 is 23.3 Å². The number of hydrogen-bond donors (Lipinski definition) is 2. The summed E-state index contributed by atoms with van der Waals surface area (Å²) in [6, 6.07) is 5.14. The van der Waals surface area contributed by atoms with Gasteiger partial charge in [-0.2, -0.15) is 13.2 Å². The lowest BCUT2D eigenvalue weighted by molar-refractivity contribution is -0.157. The second-order valence-electron chi connectivity index (χ2n) is 7.62. The molecule has 162 valence electrons. The van der Waals surface area contributed by atoms with Crippen molar-refractivity contribution in [3.8, 4) is 28.5 Å². The Hall–Kier alpha value is -3.43. The number of aromatic amines is 1. The maximum absolute atomic E-state index is 13.0. The molecule has 1 aliphatic rings. The average molecular weight is 432 g/mol. The molecule has 3 aromatic heterocycles. The molecule has 3 aromatic rings. The summed E-state index contributed by atoms with van der Waals surface area (Å²) in [7, 11) is 0. The van der Waals surface area contributed by atoms with Crippen molar-refractivity contribution in [2.45, 2.75) is 32.4 Å². The van der Waals surface area contributed by atoms with Gasteiger partial charge in [0.2, 0.25) is 5.88 Å². The van der Waals surface area contributed by atoms with Crippen LogP contribution in [-0.2, 0) is 11.0 Å². The van der Waals surface area contributed by atoms with Crippen LogP contribution in [0.5, 0.6) is 5.88 Å². The van der Waals surface area contributed by atoms with Crippen LogP contribution in [0.1, 0.15) is 30.5 Å². The Bertz CT molecular complexity index is 1110. The van der Waals surface area contributed by atoms with Gasteiger partial charge in [0.15, 0.2) is 5.82 Å². The maximum atomic E-state index is 13.0. The van der Waals surface area contributed by atoms with Gasteiger partial charge in [0, 0.05) is 23.5 Å². The topological polar surface area (TPSA) is 101 Å². The van der Waals surface area contributed by atoms with E-state index in [0.717, 1.165) is 6.42 Å². The van der Waals surface area contributed by atoms with E-state index in [-0.39, 0.29) is 24.0 Å². The zero-order valence-electron chi connectivity index (χ0n) is 16.5. The van der Waals surface area contributed by atoms with Gasteiger partial charge in [-0.25, -0.2) is 9.97 Å². The molecular formula is C21H19F3N4O3. The number of nitrogens with one attached hydrogen (secondary N) is 1. The molecule has 3 heterocycles. The number of aliphatic carboxylic acids is 1. The fraction of sp³-hybridized carbons (Fsp3) is 0.333. The number of alkyl halides is 3. The third kappa shape index (κ3) is 3.97. The SMILES string of the molecule is Cc1cc(-c2ncc(C(F)(F)F)[nH]2)nc(OCC2(C(=O)O)CCC2)c1-c1cccnc1. The summed E-state index contributed by atoms with van der Waals surface area (Å²) in [5.74, 6) is -0.870. The Kier molecular flexibility index (Phi) is 5.16. The smallest absolute Gasteiger partial charge is 0.432 e. The normalized spacial score (nSPS) is 15.4. The summed E-state index contributed by atoms with van der Waals surface area (Å²) in [6.07, 6.45) is 1.15. The highest BCUT2D eigenvalue weighted by Gasteiger charge is 2.45. The highest BCUT2D eigenvalue weighted by molar-refractivity contribution is 5.76. The van der Waals surface area contributed by atoms with Crippen LogP contribution in [0.2, 0.25) is 0 Å². The van der Waals surface area contributed by atoms with E-state index in [2.05, 4.69) is 19.9 Å². The third-order valence-electron chi connectivity index (χ3n) is 5.51. The highest BCUT2D eigenvalue weighted by Crippen LogP contribution is 2.43. The molecule has 0 spiro atoms. The fourth-order valence-electron chi connectivity index (χ4n) is 3.56. The van der Waals surface area contributed by atoms with Crippen molar-refractivity contribution in [3.05, 3.63) is 48.0 Å². The van der Waals surface area contributed by atoms with Gasteiger partial charge in [-0.3, -0.25) is 9.78 Å². The number of carboxylic acid groups (broad SMARTS) is 1. The molecule has 4 rings (SSSR count). The van der Waals surface area contributed by atoms with Gasteiger partial charge in [0.05, 0.1) is 6.20 Å². The molecule has 0 radical (unpaired) electrons. The van der Waals surface area contributed by atoms with Gasteiger partial charge in [-0.1, -0.05) is 12.5 Å². The molecule has 31 heavy (non-hydrogen) atoms. The van der Waals surface area contributed by atoms with E-state index in [0.29, 0.717) is 35.7 Å². The van der Waals surface area contributed by atoms with E-state index in [1.807, 2.05) is 0 Å². The first kappa shape index (κ1) is 20.8. The van der Waals surface area contributed by atoms with Crippen LogP contribution in [0.25, 0.3) is 22.6 Å². The molecule has 1 fully saturated rings. The number of rotatable bonds is 6. The molecular weight excluding hydrogens is 413 g/mol. The summed E-state index contributed by atoms with van der Waals surface area (Å²) in [5, 5.41) is 9.58. The van der Waals surface area contributed by atoms with Crippen molar-refractivity contribution in [1.29, 1.82) is 0 Å². The van der Waals surface area contributed by atoms with Crippen molar-refractivity contribution in [2.75, 3.05) is 6.61 Å². The number of pyridine rings is 2. The van der Waals surface area contributed by atoms with Crippen molar-refractivity contribution in [1.82, 2.24) is 19.9 Å². The van der Waals surface area contributed by atoms with Gasteiger partial charge in [-0.05, 0) is 37.5 Å².